The van der Waals surface area contributed by atoms with E-state index < -0.39 is 5.97 Å². The molecule has 0 bridgehead atoms. The summed E-state index contributed by atoms with van der Waals surface area (Å²) in [5.41, 5.74) is 0. The number of aliphatic carboxylic acids is 1. The monoisotopic (exact) mass is 223 g/mol. The predicted octanol–water partition coefficient (Wildman–Crippen LogP) is 1.91. The van der Waals surface area contributed by atoms with Crippen molar-refractivity contribution in [1.82, 2.24) is 4.90 Å². The van der Waals surface area contributed by atoms with Gasteiger partial charge in [-0.1, -0.05) is 13.0 Å². The van der Waals surface area contributed by atoms with Gasteiger partial charge in [0.15, 0.2) is 0 Å². The van der Waals surface area contributed by atoms with Gasteiger partial charge in [-0.2, -0.15) is 0 Å². The van der Waals surface area contributed by atoms with Crippen molar-refractivity contribution in [3.05, 3.63) is 36.3 Å². The van der Waals surface area contributed by atoms with E-state index in [1.807, 2.05) is 19.1 Å². The second-order valence-corrected chi connectivity index (χ2v) is 3.57. The Morgan fingerprint density at radius 1 is 1.56 bits per heavy atom. The maximum absolute atomic E-state index is 10.6. The summed E-state index contributed by atoms with van der Waals surface area (Å²) in [6.07, 6.45) is 2.53. The van der Waals surface area contributed by atoms with Crippen LogP contribution in [0.3, 0.4) is 0 Å². The van der Waals surface area contributed by atoms with Gasteiger partial charge in [0.25, 0.3) is 0 Å². The van der Waals surface area contributed by atoms with Crippen molar-refractivity contribution in [2.24, 2.45) is 0 Å². The van der Waals surface area contributed by atoms with Gasteiger partial charge in [-0.15, -0.1) is 6.58 Å². The number of carboxylic acid groups (broad SMARTS) is 1. The Hall–Kier alpha value is -1.55. The molecule has 1 aromatic heterocycles. The fraction of sp³-hybridized carbons (Fsp3) is 0.417. The van der Waals surface area contributed by atoms with E-state index in [4.69, 9.17) is 9.52 Å². The Balaban J connectivity index is 2.59. The number of carbonyl (C=O) groups is 1. The summed E-state index contributed by atoms with van der Waals surface area (Å²) in [4.78, 5) is 12.4. The van der Waals surface area contributed by atoms with Crippen molar-refractivity contribution >= 4 is 5.97 Å². The van der Waals surface area contributed by atoms with E-state index in [0.717, 1.165) is 17.9 Å². The molecule has 0 aliphatic rings. The lowest BCUT2D eigenvalue weighted by atomic mass is 10.3. The minimum atomic E-state index is -0.843. The lowest BCUT2D eigenvalue weighted by Crippen LogP contribution is -2.29. The summed E-state index contributed by atoms with van der Waals surface area (Å²) in [6.45, 7) is 6.65. The first-order chi connectivity index (χ1) is 7.65. The molecule has 0 saturated carbocycles. The fourth-order valence-electron chi connectivity index (χ4n) is 1.48. The molecule has 88 valence electrons. The molecule has 0 radical (unpaired) electrons. The van der Waals surface area contributed by atoms with Crippen molar-refractivity contribution in [2.75, 3.05) is 13.1 Å². The van der Waals surface area contributed by atoms with Gasteiger partial charge in [0.05, 0.1) is 13.1 Å². The summed E-state index contributed by atoms with van der Waals surface area (Å²) in [5, 5.41) is 8.73. The molecule has 0 aromatic carbocycles. The number of hydrogen-bond donors (Lipinski definition) is 1. The van der Waals surface area contributed by atoms with Gasteiger partial charge >= 0.3 is 5.97 Å². The first-order valence-electron chi connectivity index (χ1n) is 5.28. The van der Waals surface area contributed by atoms with Crippen LogP contribution in [0.5, 0.6) is 0 Å². The normalized spacial score (nSPS) is 10.6. The topological polar surface area (TPSA) is 53.7 Å². The van der Waals surface area contributed by atoms with Crippen LogP contribution in [0.25, 0.3) is 0 Å². The zero-order valence-corrected chi connectivity index (χ0v) is 9.48. The van der Waals surface area contributed by atoms with Gasteiger partial charge in [-0.05, 0) is 12.1 Å². The Labute approximate surface area is 95.2 Å². The highest BCUT2D eigenvalue weighted by atomic mass is 16.4. The number of nitrogens with zero attached hydrogens (tertiary/aromatic N) is 1. The molecule has 0 saturated heterocycles. The summed E-state index contributed by atoms with van der Waals surface area (Å²) >= 11 is 0. The van der Waals surface area contributed by atoms with Gasteiger partial charge in [0.2, 0.25) is 0 Å². The minimum absolute atomic E-state index is 0.00578. The Morgan fingerprint density at radius 2 is 2.25 bits per heavy atom. The second kappa shape index (κ2) is 6.12. The molecule has 0 aliphatic heterocycles. The highest BCUT2D eigenvalue weighted by Crippen LogP contribution is 2.11. The minimum Gasteiger partial charge on any atom is -0.480 e. The van der Waals surface area contributed by atoms with Crippen LogP contribution in [-0.4, -0.2) is 29.1 Å². The SMILES string of the molecule is C=CCN(CC(=O)O)Cc1ccc(CC)o1. The van der Waals surface area contributed by atoms with Gasteiger partial charge in [-0.25, -0.2) is 0 Å². The van der Waals surface area contributed by atoms with Gasteiger partial charge in [0.1, 0.15) is 11.5 Å². The molecule has 0 atom stereocenters. The molecule has 0 aliphatic carbocycles. The predicted molar refractivity (Wildman–Crippen MR) is 61.2 cm³/mol. The van der Waals surface area contributed by atoms with E-state index in [0.29, 0.717) is 13.1 Å². The maximum Gasteiger partial charge on any atom is 0.317 e. The van der Waals surface area contributed by atoms with Crippen LogP contribution in [-0.2, 0) is 17.8 Å². The smallest absolute Gasteiger partial charge is 0.317 e. The summed E-state index contributed by atoms with van der Waals surface area (Å²) in [6, 6.07) is 3.80. The Bertz CT molecular complexity index is 357. The molecule has 0 spiro atoms. The van der Waals surface area contributed by atoms with Crippen LogP contribution >= 0.6 is 0 Å². The summed E-state index contributed by atoms with van der Waals surface area (Å²) in [7, 11) is 0. The molecule has 4 nitrogen and oxygen atoms in total. The van der Waals surface area contributed by atoms with Crippen LogP contribution in [0, 0.1) is 0 Å². The van der Waals surface area contributed by atoms with Crippen molar-refractivity contribution < 1.29 is 14.3 Å². The second-order valence-electron chi connectivity index (χ2n) is 3.57. The number of furan rings is 1. The van der Waals surface area contributed by atoms with Crippen molar-refractivity contribution in [2.45, 2.75) is 19.9 Å². The molecule has 1 aromatic rings. The van der Waals surface area contributed by atoms with E-state index in [1.54, 1.807) is 11.0 Å². The lowest BCUT2D eigenvalue weighted by Gasteiger charge is -2.16. The average Bonchev–Trinajstić information content (AvgIpc) is 2.65. The molecule has 1 rings (SSSR count). The highest BCUT2D eigenvalue weighted by Gasteiger charge is 2.10. The van der Waals surface area contributed by atoms with Crippen LogP contribution in [0.2, 0.25) is 0 Å². The molecule has 16 heavy (non-hydrogen) atoms. The van der Waals surface area contributed by atoms with Crippen molar-refractivity contribution in [1.29, 1.82) is 0 Å². The fourth-order valence-corrected chi connectivity index (χ4v) is 1.48. The summed E-state index contributed by atoms with van der Waals surface area (Å²) in [5.74, 6) is 0.868. The van der Waals surface area contributed by atoms with Gasteiger partial charge in [0, 0.05) is 13.0 Å². The maximum atomic E-state index is 10.6. The number of hydrogen-bond acceptors (Lipinski definition) is 3. The molecule has 0 unspecified atom stereocenters. The van der Waals surface area contributed by atoms with E-state index >= 15 is 0 Å². The third kappa shape index (κ3) is 3.90. The van der Waals surface area contributed by atoms with Crippen LogP contribution < -0.4 is 0 Å². The van der Waals surface area contributed by atoms with Crippen molar-refractivity contribution in [3.63, 3.8) is 0 Å². The first kappa shape index (κ1) is 12.5. The van der Waals surface area contributed by atoms with Gasteiger partial charge in [-0.3, -0.25) is 9.69 Å². The highest BCUT2D eigenvalue weighted by molar-refractivity contribution is 5.69. The third-order valence-corrected chi connectivity index (χ3v) is 2.19. The first-order valence-corrected chi connectivity index (χ1v) is 5.28. The van der Waals surface area contributed by atoms with Crippen LogP contribution in [0.15, 0.2) is 29.2 Å². The molecular formula is C12H17NO3. The quantitative estimate of drug-likeness (QED) is 0.717. The third-order valence-electron chi connectivity index (χ3n) is 2.19. The largest absolute Gasteiger partial charge is 0.480 e. The molecule has 4 heteroatoms. The Morgan fingerprint density at radius 3 is 2.75 bits per heavy atom. The van der Waals surface area contributed by atoms with Crippen LogP contribution in [0.1, 0.15) is 18.4 Å². The molecule has 0 amide bonds. The zero-order valence-electron chi connectivity index (χ0n) is 9.48. The zero-order chi connectivity index (χ0) is 12.0. The van der Waals surface area contributed by atoms with E-state index in [2.05, 4.69) is 6.58 Å². The summed E-state index contributed by atoms with van der Waals surface area (Å²) < 4.78 is 5.52. The van der Waals surface area contributed by atoms with Crippen molar-refractivity contribution in [3.8, 4) is 0 Å². The molecule has 0 fully saturated rings. The number of carboxylic acids is 1. The number of aryl methyl sites for hydroxylation is 1. The van der Waals surface area contributed by atoms with E-state index in [-0.39, 0.29) is 6.54 Å². The molecule has 1 heterocycles. The lowest BCUT2D eigenvalue weighted by molar-refractivity contribution is -0.138. The number of rotatable bonds is 7. The molecular weight excluding hydrogens is 206 g/mol. The molecule has 1 N–H and O–H groups in total. The van der Waals surface area contributed by atoms with E-state index in [9.17, 15) is 4.79 Å². The van der Waals surface area contributed by atoms with Gasteiger partial charge < -0.3 is 9.52 Å². The Kier molecular flexibility index (Phi) is 4.79. The van der Waals surface area contributed by atoms with E-state index in [1.165, 1.54) is 0 Å². The van der Waals surface area contributed by atoms with Crippen LogP contribution in [0.4, 0.5) is 0 Å². The standard InChI is InChI=1S/C12H17NO3/c1-3-7-13(9-12(14)15)8-11-6-5-10(4-2)16-11/h3,5-6H,1,4,7-9H2,2H3,(H,14,15). The average molecular weight is 223 g/mol.